The summed E-state index contributed by atoms with van der Waals surface area (Å²) in [6, 6.07) is 27.1. The van der Waals surface area contributed by atoms with E-state index in [0.29, 0.717) is 33.5 Å². The van der Waals surface area contributed by atoms with Crippen LogP contribution in [0.4, 0.5) is 5.69 Å². The zero-order valence-electron chi connectivity index (χ0n) is 22.9. The number of hydrogen-bond acceptors (Lipinski definition) is 6. The van der Waals surface area contributed by atoms with Gasteiger partial charge < -0.3 is 9.73 Å². The van der Waals surface area contributed by atoms with Crippen LogP contribution in [-0.4, -0.2) is 39.7 Å². The molecule has 0 aliphatic rings. The molecule has 1 N–H and O–H groups in total. The van der Waals surface area contributed by atoms with Gasteiger partial charge in [-0.1, -0.05) is 60.2 Å². The number of carbonyl (C=O) groups is 1. The van der Waals surface area contributed by atoms with Crippen molar-refractivity contribution in [1.82, 2.24) is 10.3 Å². The van der Waals surface area contributed by atoms with Gasteiger partial charge in [0.1, 0.15) is 16.4 Å². The summed E-state index contributed by atoms with van der Waals surface area (Å²) in [4.78, 5) is 18.0. The number of amides is 1. The maximum Gasteiger partial charge on any atom is 0.255 e. The molecule has 1 amide bonds. The van der Waals surface area contributed by atoms with Crippen LogP contribution in [0.5, 0.6) is 0 Å². The zero-order chi connectivity index (χ0) is 28.9. The Morgan fingerprint density at radius 2 is 1.66 bits per heavy atom. The number of carbonyl (C=O) groups excluding carboxylic acids is 1. The van der Waals surface area contributed by atoms with Crippen LogP contribution >= 0.6 is 11.3 Å². The Hall–Kier alpha value is -4.47. The third-order valence-corrected chi connectivity index (χ3v) is 9.40. The molecule has 0 saturated carbocycles. The highest BCUT2D eigenvalue weighted by Gasteiger charge is 2.26. The lowest BCUT2D eigenvalue weighted by Gasteiger charge is -2.21. The third kappa shape index (κ3) is 4.87. The van der Waals surface area contributed by atoms with Crippen LogP contribution in [0.3, 0.4) is 0 Å². The second-order valence-corrected chi connectivity index (χ2v) is 13.0. The number of benzene rings is 4. The third-order valence-electron chi connectivity index (χ3n) is 7.13. The maximum atomic E-state index is 13.2. The molecule has 4 aromatic carbocycles. The Morgan fingerprint density at radius 1 is 0.927 bits per heavy atom. The molecule has 6 aromatic rings. The topological polar surface area (TPSA) is 92.5 Å². The lowest BCUT2D eigenvalue weighted by atomic mass is 9.97. The largest absolute Gasteiger partial charge is 0.455 e. The number of aryl methyl sites for hydroxylation is 1. The number of aromatic nitrogens is 1. The summed E-state index contributed by atoms with van der Waals surface area (Å²) >= 11 is 1.60. The van der Waals surface area contributed by atoms with Crippen LogP contribution in [-0.2, 0) is 10.0 Å². The van der Waals surface area contributed by atoms with Crippen molar-refractivity contribution >= 4 is 54.1 Å². The molecule has 0 atom stereocenters. The quantitative estimate of drug-likeness (QED) is 0.226. The fourth-order valence-corrected chi connectivity index (χ4v) is 6.35. The molecule has 6 rings (SSSR count). The van der Waals surface area contributed by atoms with Crippen molar-refractivity contribution in [3.05, 3.63) is 96.1 Å². The van der Waals surface area contributed by atoms with Crippen molar-refractivity contribution in [2.24, 2.45) is 0 Å². The first kappa shape index (κ1) is 26.7. The molecule has 2 aromatic heterocycles. The van der Waals surface area contributed by atoms with Crippen molar-refractivity contribution < 1.29 is 17.6 Å². The van der Waals surface area contributed by atoms with E-state index in [-0.39, 0.29) is 5.91 Å². The maximum absolute atomic E-state index is 13.2. The molecule has 41 heavy (non-hydrogen) atoms. The zero-order valence-corrected chi connectivity index (χ0v) is 24.6. The summed E-state index contributed by atoms with van der Waals surface area (Å²) in [7, 11) is -0.521. The predicted molar refractivity (Wildman–Crippen MR) is 167 cm³/mol. The number of furan rings is 1. The number of para-hydroxylation sites is 1. The van der Waals surface area contributed by atoms with E-state index in [1.807, 2.05) is 85.8 Å². The van der Waals surface area contributed by atoms with Crippen molar-refractivity contribution in [3.63, 3.8) is 0 Å². The molecular formula is C32H27N3O4S2. The van der Waals surface area contributed by atoms with E-state index >= 15 is 0 Å². The van der Waals surface area contributed by atoms with Crippen LogP contribution in [0.1, 0.15) is 15.9 Å². The fourth-order valence-electron chi connectivity index (χ4n) is 4.88. The molecule has 0 unspecified atom stereocenters. The highest BCUT2D eigenvalue weighted by Crippen LogP contribution is 2.42. The smallest absolute Gasteiger partial charge is 0.255 e. The van der Waals surface area contributed by atoms with Gasteiger partial charge in [-0.25, -0.2) is 13.4 Å². The van der Waals surface area contributed by atoms with E-state index in [1.165, 1.54) is 11.4 Å². The first-order valence-electron chi connectivity index (χ1n) is 12.9. The van der Waals surface area contributed by atoms with Gasteiger partial charge in [0.15, 0.2) is 0 Å². The number of nitrogens with zero attached hydrogens (tertiary/aromatic N) is 2. The monoisotopic (exact) mass is 581 g/mol. The first-order valence-corrected chi connectivity index (χ1v) is 15.6. The molecule has 0 aliphatic carbocycles. The minimum atomic E-state index is -3.61. The van der Waals surface area contributed by atoms with Gasteiger partial charge in [-0.3, -0.25) is 9.10 Å². The SMILES string of the molecule is CNC(=O)c1c(-c2ccc(C)cc2)oc2cc(N(C)S(C)(=O)=O)c(-c3cccc(-c4nc5ccccc5s4)c3)cc12. The van der Waals surface area contributed by atoms with E-state index < -0.39 is 10.0 Å². The molecule has 0 saturated heterocycles. The average molecular weight is 582 g/mol. The molecule has 206 valence electrons. The van der Waals surface area contributed by atoms with Crippen LogP contribution in [0.2, 0.25) is 0 Å². The van der Waals surface area contributed by atoms with Gasteiger partial charge in [0, 0.05) is 42.2 Å². The summed E-state index contributed by atoms with van der Waals surface area (Å²) in [5.41, 5.74) is 6.35. The van der Waals surface area contributed by atoms with E-state index in [1.54, 1.807) is 24.5 Å². The molecule has 9 heteroatoms. The Labute approximate surface area is 242 Å². The predicted octanol–water partition coefficient (Wildman–Crippen LogP) is 7.11. The number of sulfonamides is 1. The molecule has 0 aliphatic heterocycles. The van der Waals surface area contributed by atoms with Crippen molar-refractivity contribution in [3.8, 4) is 33.0 Å². The number of thiazole rings is 1. The molecule has 2 heterocycles. The van der Waals surface area contributed by atoms with Gasteiger partial charge >= 0.3 is 0 Å². The van der Waals surface area contributed by atoms with Crippen LogP contribution in [0.25, 0.3) is 54.2 Å². The van der Waals surface area contributed by atoms with Crippen molar-refractivity contribution in [2.45, 2.75) is 6.92 Å². The highest BCUT2D eigenvalue weighted by molar-refractivity contribution is 7.92. The second-order valence-electron chi connectivity index (χ2n) is 9.91. The van der Waals surface area contributed by atoms with Gasteiger partial charge in [0.05, 0.1) is 27.7 Å². The minimum absolute atomic E-state index is 0.294. The number of nitrogens with one attached hydrogen (secondary N) is 1. The van der Waals surface area contributed by atoms with Gasteiger partial charge in [-0.05, 0) is 36.8 Å². The van der Waals surface area contributed by atoms with E-state index in [0.717, 1.165) is 43.7 Å². The second kappa shape index (κ2) is 10.2. The highest BCUT2D eigenvalue weighted by atomic mass is 32.2. The standard InChI is InChI=1S/C32H27N3O4S2/c1-19-12-14-20(15-13-19)30-29(31(36)33-2)24-17-23(26(18-27(24)39-30)35(3)41(4,37)38)21-8-7-9-22(16-21)32-34-25-10-5-6-11-28(25)40-32/h5-18H,1-4H3,(H,33,36). The lowest BCUT2D eigenvalue weighted by Crippen LogP contribution is -2.25. The molecule has 0 spiro atoms. The molecule has 0 bridgehead atoms. The Balaban J connectivity index is 1.61. The van der Waals surface area contributed by atoms with Gasteiger partial charge in [-0.15, -0.1) is 11.3 Å². The van der Waals surface area contributed by atoms with E-state index in [9.17, 15) is 13.2 Å². The first-order chi connectivity index (χ1) is 19.6. The number of anilines is 1. The molecule has 0 fully saturated rings. The van der Waals surface area contributed by atoms with Gasteiger partial charge in [0.2, 0.25) is 10.0 Å². The van der Waals surface area contributed by atoms with Crippen LogP contribution < -0.4 is 9.62 Å². The molecule has 0 radical (unpaired) electrons. The average Bonchev–Trinajstić information content (AvgIpc) is 3.57. The molecular weight excluding hydrogens is 555 g/mol. The van der Waals surface area contributed by atoms with Gasteiger partial charge in [0.25, 0.3) is 5.91 Å². The Bertz CT molecular complexity index is 2030. The number of fused-ring (bicyclic) bond motifs is 2. The van der Waals surface area contributed by atoms with Crippen molar-refractivity contribution in [1.29, 1.82) is 0 Å². The minimum Gasteiger partial charge on any atom is -0.455 e. The fraction of sp³-hybridized carbons (Fsp3) is 0.125. The molecule has 7 nitrogen and oxygen atoms in total. The summed E-state index contributed by atoms with van der Waals surface area (Å²) in [5, 5.41) is 4.19. The van der Waals surface area contributed by atoms with E-state index in [2.05, 4.69) is 5.32 Å². The van der Waals surface area contributed by atoms with Gasteiger partial charge in [-0.2, -0.15) is 0 Å². The number of rotatable bonds is 6. The lowest BCUT2D eigenvalue weighted by molar-refractivity contribution is 0.0964. The van der Waals surface area contributed by atoms with E-state index in [4.69, 9.17) is 9.40 Å². The number of hydrogen-bond donors (Lipinski definition) is 1. The summed E-state index contributed by atoms with van der Waals surface area (Å²) in [6.45, 7) is 1.99. The van der Waals surface area contributed by atoms with Crippen molar-refractivity contribution in [2.75, 3.05) is 24.7 Å². The summed E-state index contributed by atoms with van der Waals surface area (Å²) < 4.78 is 34.1. The van der Waals surface area contributed by atoms with Crippen LogP contribution in [0.15, 0.2) is 89.3 Å². The normalized spacial score (nSPS) is 11.7. The Kier molecular flexibility index (Phi) is 6.63. The summed E-state index contributed by atoms with van der Waals surface area (Å²) in [6.07, 6.45) is 1.16. The Morgan fingerprint density at radius 3 is 2.37 bits per heavy atom. The summed E-state index contributed by atoms with van der Waals surface area (Å²) in [5.74, 6) is 0.130. The van der Waals surface area contributed by atoms with Crippen LogP contribution in [0, 0.1) is 6.92 Å².